The summed E-state index contributed by atoms with van der Waals surface area (Å²) in [4.78, 5) is 0. The summed E-state index contributed by atoms with van der Waals surface area (Å²) in [6.07, 6.45) is 2.28. The smallest absolute Gasteiger partial charge is 0.0587 e. The van der Waals surface area contributed by atoms with Gasteiger partial charge in [0, 0.05) is 36.2 Å². The molecule has 1 saturated heterocycles. The summed E-state index contributed by atoms with van der Waals surface area (Å²) in [5.41, 5.74) is 2.75. The van der Waals surface area contributed by atoms with Crippen molar-refractivity contribution >= 4 is 27.3 Å². The molecule has 0 saturated carbocycles. The van der Waals surface area contributed by atoms with Crippen molar-refractivity contribution in [3.63, 3.8) is 0 Å². The molecule has 2 heterocycles. The standard InChI is InChI=1S/C13H17BrN2O/c14-10-1-2-11-12(7-10)16-9-13(8-15-11)3-5-17-6-4-13/h1-2,7,15-16H,3-6,8-9H2. The van der Waals surface area contributed by atoms with Crippen LogP contribution in [-0.4, -0.2) is 26.3 Å². The Morgan fingerprint density at radius 2 is 1.76 bits per heavy atom. The number of rotatable bonds is 0. The van der Waals surface area contributed by atoms with Gasteiger partial charge in [-0.15, -0.1) is 0 Å². The van der Waals surface area contributed by atoms with Crippen LogP contribution in [0.1, 0.15) is 12.8 Å². The second-order valence-electron chi connectivity index (χ2n) is 5.01. The lowest BCUT2D eigenvalue weighted by atomic mass is 9.80. The Kier molecular flexibility index (Phi) is 3.01. The quantitative estimate of drug-likeness (QED) is 0.772. The van der Waals surface area contributed by atoms with E-state index in [0.29, 0.717) is 5.41 Å². The average Bonchev–Trinajstić information content (AvgIpc) is 2.52. The fourth-order valence-corrected chi connectivity index (χ4v) is 2.96. The average molecular weight is 297 g/mol. The second kappa shape index (κ2) is 4.50. The first-order valence-electron chi connectivity index (χ1n) is 6.13. The van der Waals surface area contributed by atoms with Gasteiger partial charge in [-0.25, -0.2) is 0 Å². The van der Waals surface area contributed by atoms with E-state index in [1.807, 2.05) is 0 Å². The molecule has 0 bridgehead atoms. The fraction of sp³-hybridized carbons (Fsp3) is 0.538. The van der Waals surface area contributed by atoms with E-state index in [4.69, 9.17) is 4.74 Å². The number of benzene rings is 1. The van der Waals surface area contributed by atoms with Crippen LogP contribution < -0.4 is 10.6 Å². The Morgan fingerprint density at radius 3 is 2.53 bits per heavy atom. The Labute approximate surface area is 110 Å². The molecule has 2 aliphatic rings. The van der Waals surface area contributed by atoms with Crippen molar-refractivity contribution in [3.05, 3.63) is 22.7 Å². The van der Waals surface area contributed by atoms with Gasteiger partial charge in [-0.2, -0.15) is 0 Å². The van der Waals surface area contributed by atoms with E-state index in [0.717, 1.165) is 43.6 Å². The van der Waals surface area contributed by atoms with E-state index < -0.39 is 0 Å². The molecule has 2 N–H and O–H groups in total. The van der Waals surface area contributed by atoms with E-state index in [9.17, 15) is 0 Å². The largest absolute Gasteiger partial charge is 0.383 e. The van der Waals surface area contributed by atoms with Crippen LogP contribution >= 0.6 is 15.9 Å². The lowest BCUT2D eigenvalue weighted by Crippen LogP contribution is -2.40. The number of hydrogen-bond donors (Lipinski definition) is 2. The second-order valence-corrected chi connectivity index (χ2v) is 5.93. The van der Waals surface area contributed by atoms with Crippen molar-refractivity contribution in [1.29, 1.82) is 0 Å². The number of ether oxygens (including phenoxy) is 1. The highest BCUT2D eigenvalue weighted by Crippen LogP contribution is 2.36. The van der Waals surface area contributed by atoms with E-state index in [1.165, 1.54) is 11.4 Å². The number of hydrogen-bond acceptors (Lipinski definition) is 3. The van der Waals surface area contributed by atoms with Gasteiger partial charge in [-0.3, -0.25) is 0 Å². The molecule has 4 heteroatoms. The zero-order valence-corrected chi connectivity index (χ0v) is 11.3. The first kappa shape index (κ1) is 11.4. The summed E-state index contributed by atoms with van der Waals surface area (Å²) in [7, 11) is 0. The third kappa shape index (κ3) is 2.29. The van der Waals surface area contributed by atoms with Crippen LogP contribution in [0.5, 0.6) is 0 Å². The van der Waals surface area contributed by atoms with Gasteiger partial charge in [0.05, 0.1) is 11.4 Å². The van der Waals surface area contributed by atoms with Gasteiger partial charge >= 0.3 is 0 Å². The van der Waals surface area contributed by atoms with Gasteiger partial charge < -0.3 is 15.4 Å². The minimum absolute atomic E-state index is 0.351. The van der Waals surface area contributed by atoms with E-state index in [2.05, 4.69) is 44.8 Å². The lowest BCUT2D eigenvalue weighted by Gasteiger charge is -2.36. The Hall–Kier alpha value is -0.740. The molecule has 0 unspecified atom stereocenters. The molecule has 0 aliphatic carbocycles. The van der Waals surface area contributed by atoms with Crippen molar-refractivity contribution in [1.82, 2.24) is 0 Å². The summed E-state index contributed by atoms with van der Waals surface area (Å²) in [5, 5.41) is 7.15. The molecule has 0 radical (unpaired) electrons. The van der Waals surface area contributed by atoms with Gasteiger partial charge in [-0.1, -0.05) is 15.9 Å². The normalized spacial score (nSPS) is 22.2. The van der Waals surface area contributed by atoms with E-state index in [-0.39, 0.29) is 0 Å². The molecular formula is C13H17BrN2O. The Balaban J connectivity index is 1.82. The molecule has 92 valence electrons. The first-order chi connectivity index (χ1) is 8.27. The third-order valence-electron chi connectivity index (χ3n) is 3.84. The molecule has 0 aromatic heterocycles. The summed E-state index contributed by atoms with van der Waals surface area (Å²) >= 11 is 3.52. The van der Waals surface area contributed by atoms with Crippen LogP contribution in [0.4, 0.5) is 11.4 Å². The summed E-state index contributed by atoms with van der Waals surface area (Å²) in [5.74, 6) is 0. The summed E-state index contributed by atoms with van der Waals surface area (Å²) < 4.78 is 6.59. The number of fused-ring (bicyclic) bond motifs is 1. The maximum Gasteiger partial charge on any atom is 0.0587 e. The molecule has 0 atom stereocenters. The summed E-state index contributed by atoms with van der Waals surface area (Å²) in [6, 6.07) is 6.35. The number of halogens is 1. The van der Waals surface area contributed by atoms with Crippen molar-refractivity contribution in [2.75, 3.05) is 36.9 Å². The van der Waals surface area contributed by atoms with Crippen molar-refractivity contribution in [3.8, 4) is 0 Å². The minimum Gasteiger partial charge on any atom is -0.383 e. The van der Waals surface area contributed by atoms with Crippen LogP contribution in [0.25, 0.3) is 0 Å². The highest BCUT2D eigenvalue weighted by molar-refractivity contribution is 9.10. The topological polar surface area (TPSA) is 33.3 Å². The molecule has 1 aromatic rings. The van der Waals surface area contributed by atoms with E-state index >= 15 is 0 Å². The van der Waals surface area contributed by atoms with Crippen LogP contribution in [0.3, 0.4) is 0 Å². The van der Waals surface area contributed by atoms with Crippen molar-refractivity contribution in [2.24, 2.45) is 5.41 Å². The number of anilines is 2. The van der Waals surface area contributed by atoms with Crippen LogP contribution in [0.15, 0.2) is 22.7 Å². The predicted molar refractivity (Wildman–Crippen MR) is 73.6 cm³/mol. The molecule has 0 amide bonds. The van der Waals surface area contributed by atoms with Gasteiger partial charge in [0.1, 0.15) is 0 Å². The fourth-order valence-electron chi connectivity index (χ4n) is 2.60. The summed E-state index contributed by atoms with van der Waals surface area (Å²) in [6.45, 7) is 3.86. The van der Waals surface area contributed by atoms with Crippen molar-refractivity contribution < 1.29 is 4.74 Å². The monoisotopic (exact) mass is 296 g/mol. The van der Waals surface area contributed by atoms with Crippen LogP contribution in [-0.2, 0) is 4.74 Å². The lowest BCUT2D eigenvalue weighted by molar-refractivity contribution is 0.0276. The highest BCUT2D eigenvalue weighted by atomic mass is 79.9. The maximum atomic E-state index is 5.47. The number of nitrogens with one attached hydrogen (secondary N) is 2. The maximum absolute atomic E-state index is 5.47. The van der Waals surface area contributed by atoms with Gasteiger partial charge in [0.15, 0.2) is 0 Å². The third-order valence-corrected chi connectivity index (χ3v) is 4.34. The Bertz CT molecular complexity index is 416. The predicted octanol–water partition coefficient (Wildman–Crippen LogP) is 3.08. The minimum atomic E-state index is 0.351. The molecular weight excluding hydrogens is 280 g/mol. The van der Waals surface area contributed by atoms with Gasteiger partial charge in [0.2, 0.25) is 0 Å². The van der Waals surface area contributed by atoms with E-state index in [1.54, 1.807) is 0 Å². The molecule has 1 spiro atoms. The Morgan fingerprint density at radius 1 is 1.06 bits per heavy atom. The zero-order chi connectivity index (χ0) is 11.7. The molecule has 3 nitrogen and oxygen atoms in total. The SMILES string of the molecule is Brc1ccc2c(c1)NCC1(CCOCC1)CN2. The van der Waals surface area contributed by atoms with Gasteiger partial charge in [0.25, 0.3) is 0 Å². The van der Waals surface area contributed by atoms with Gasteiger partial charge in [-0.05, 0) is 31.0 Å². The zero-order valence-electron chi connectivity index (χ0n) is 9.76. The van der Waals surface area contributed by atoms with Crippen LogP contribution in [0.2, 0.25) is 0 Å². The highest BCUT2D eigenvalue weighted by Gasteiger charge is 2.34. The van der Waals surface area contributed by atoms with Crippen molar-refractivity contribution in [2.45, 2.75) is 12.8 Å². The molecule has 2 aliphatic heterocycles. The molecule has 1 aromatic carbocycles. The first-order valence-corrected chi connectivity index (χ1v) is 6.92. The molecule has 3 rings (SSSR count). The molecule has 1 fully saturated rings. The molecule has 17 heavy (non-hydrogen) atoms. The van der Waals surface area contributed by atoms with Crippen LogP contribution in [0, 0.1) is 5.41 Å².